The lowest BCUT2D eigenvalue weighted by Gasteiger charge is -2.19. The second kappa shape index (κ2) is 5.14. The molecular weight excluding hydrogens is 232 g/mol. The van der Waals surface area contributed by atoms with Crippen LogP contribution < -0.4 is 5.32 Å². The molecule has 6 heteroatoms. The summed E-state index contributed by atoms with van der Waals surface area (Å²) in [6.07, 6.45) is 3.23. The van der Waals surface area contributed by atoms with Crippen LogP contribution in [0.25, 0.3) is 5.65 Å². The summed E-state index contributed by atoms with van der Waals surface area (Å²) in [4.78, 5) is 12.0. The summed E-state index contributed by atoms with van der Waals surface area (Å²) < 4.78 is 1.69. The van der Waals surface area contributed by atoms with E-state index in [2.05, 4.69) is 15.5 Å². The third-order valence-electron chi connectivity index (χ3n) is 3.05. The van der Waals surface area contributed by atoms with Crippen molar-refractivity contribution in [1.82, 2.24) is 19.9 Å². The van der Waals surface area contributed by atoms with Crippen molar-refractivity contribution in [2.24, 2.45) is 5.92 Å². The van der Waals surface area contributed by atoms with E-state index in [-0.39, 0.29) is 24.5 Å². The number of carbonyl (C=O) groups is 1. The summed E-state index contributed by atoms with van der Waals surface area (Å²) in [6.45, 7) is 3.80. The van der Waals surface area contributed by atoms with E-state index in [1.165, 1.54) is 0 Å². The zero-order chi connectivity index (χ0) is 13.1. The molecular formula is C12H16N4O2. The number of carbonyl (C=O) groups excluding carboxylic acids is 1. The van der Waals surface area contributed by atoms with Crippen LogP contribution in [0.1, 0.15) is 24.2 Å². The van der Waals surface area contributed by atoms with Gasteiger partial charge in [-0.1, -0.05) is 6.92 Å². The molecule has 0 saturated carbocycles. The van der Waals surface area contributed by atoms with Gasteiger partial charge in [-0.2, -0.15) is 0 Å². The van der Waals surface area contributed by atoms with Crippen LogP contribution in [-0.4, -0.2) is 38.3 Å². The van der Waals surface area contributed by atoms with Gasteiger partial charge in [0.25, 0.3) is 5.91 Å². The molecule has 2 atom stereocenters. The highest BCUT2D eigenvalue weighted by Crippen LogP contribution is 2.06. The lowest BCUT2D eigenvalue weighted by atomic mass is 10.0. The Morgan fingerprint density at radius 1 is 1.50 bits per heavy atom. The molecule has 0 aliphatic rings. The van der Waals surface area contributed by atoms with Crippen LogP contribution in [0.15, 0.2) is 24.7 Å². The normalized spacial score (nSPS) is 14.4. The third-order valence-corrected chi connectivity index (χ3v) is 3.05. The van der Waals surface area contributed by atoms with Gasteiger partial charge in [0, 0.05) is 18.8 Å². The number of aliphatic hydroxyl groups is 1. The highest BCUT2D eigenvalue weighted by Gasteiger charge is 2.15. The van der Waals surface area contributed by atoms with Crippen molar-refractivity contribution >= 4 is 11.6 Å². The van der Waals surface area contributed by atoms with Gasteiger partial charge < -0.3 is 10.4 Å². The number of hydrogen-bond acceptors (Lipinski definition) is 4. The quantitative estimate of drug-likeness (QED) is 0.824. The molecule has 2 unspecified atom stereocenters. The van der Waals surface area contributed by atoms with Gasteiger partial charge in [0.2, 0.25) is 0 Å². The number of rotatable bonds is 4. The van der Waals surface area contributed by atoms with E-state index in [0.717, 1.165) is 0 Å². The van der Waals surface area contributed by atoms with E-state index in [1.54, 1.807) is 29.1 Å². The molecule has 1 amide bonds. The first-order valence-corrected chi connectivity index (χ1v) is 5.83. The monoisotopic (exact) mass is 248 g/mol. The Morgan fingerprint density at radius 3 is 3.00 bits per heavy atom. The molecule has 2 aromatic rings. The Kier molecular flexibility index (Phi) is 3.57. The Morgan fingerprint density at radius 2 is 2.28 bits per heavy atom. The molecule has 0 aliphatic heterocycles. The van der Waals surface area contributed by atoms with Gasteiger partial charge in [-0.25, -0.2) is 0 Å². The van der Waals surface area contributed by atoms with Crippen LogP contribution in [-0.2, 0) is 0 Å². The summed E-state index contributed by atoms with van der Waals surface area (Å²) in [5.74, 6) is -0.147. The van der Waals surface area contributed by atoms with Crippen molar-refractivity contribution in [3.8, 4) is 0 Å². The molecule has 2 rings (SSSR count). The maximum absolute atomic E-state index is 12.0. The average molecular weight is 248 g/mol. The van der Waals surface area contributed by atoms with Crippen molar-refractivity contribution in [3.63, 3.8) is 0 Å². The highest BCUT2D eigenvalue weighted by atomic mass is 16.3. The predicted molar refractivity (Wildman–Crippen MR) is 66.2 cm³/mol. The number of pyridine rings is 1. The van der Waals surface area contributed by atoms with E-state index in [9.17, 15) is 4.79 Å². The van der Waals surface area contributed by atoms with Gasteiger partial charge in [-0.3, -0.25) is 9.20 Å². The minimum Gasteiger partial charge on any atom is -0.396 e. The lowest BCUT2D eigenvalue weighted by Crippen LogP contribution is -2.38. The first-order valence-electron chi connectivity index (χ1n) is 5.83. The van der Waals surface area contributed by atoms with Gasteiger partial charge in [0.1, 0.15) is 6.33 Å². The Labute approximate surface area is 105 Å². The number of amides is 1. The number of aliphatic hydroxyl groups excluding tert-OH is 1. The Balaban J connectivity index is 2.13. The molecule has 6 nitrogen and oxygen atoms in total. The maximum Gasteiger partial charge on any atom is 0.252 e. The van der Waals surface area contributed by atoms with E-state index in [4.69, 9.17) is 5.11 Å². The fourth-order valence-corrected chi connectivity index (χ4v) is 1.55. The lowest BCUT2D eigenvalue weighted by molar-refractivity contribution is 0.0916. The second-order valence-electron chi connectivity index (χ2n) is 4.44. The van der Waals surface area contributed by atoms with Gasteiger partial charge in [-0.05, 0) is 25.0 Å². The van der Waals surface area contributed by atoms with E-state index in [0.29, 0.717) is 11.2 Å². The summed E-state index contributed by atoms with van der Waals surface area (Å²) in [6, 6.07) is 3.36. The first-order chi connectivity index (χ1) is 8.61. The Bertz CT molecular complexity index is 552. The van der Waals surface area contributed by atoms with Crippen molar-refractivity contribution < 1.29 is 9.90 Å². The van der Waals surface area contributed by atoms with Crippen LogP contribution in [0.3, 0.4) is 0 Å². The topological polar surface area (TPSA) is 79.5 Å². The second-order valence-corrected chi connectivity index (χ2v) is 4.44. The summed E-state index contributed by atoms with van der Waals surface area (Å²) in [5.41, 5.74) is 1.24. The van der Waals surface area contributed by atoms with Gasteiger partial charge in [0.15, 0.2) is 5.65 Å². The molecule has 0 aromatic carbocycles. The average Bonchev–Trinajstić information content (AvgIpc) is 2.84. The zero-order valence-corrected chi connectivity index (χ0v) is 10.4. The predicted octanol–water partition coefficient (Wildman–Crippen LogP) is 0.476. The van der Waals surface area contributed by atoms with Crippen molar-refractivity contribution in [3.05, 3.63) is 30.2 Å². The minimum absolute atomic E-state index is 0.0209. The van der Waals surface area contributed by atoms with E-state index >= 15 is 0 Å². The number of hydrogen-bond donors (Lipinski definition) is 2. The Hall–Kier alpha value is -1.95. The van der Waals surface area contributed by atoms with Crippen molar-refractivity contribution in [1.29, 1.82) is 0 Å². The van der Waals surface area contributed by atoms with Crippen molar-refractivity contribution in [2.45, 2.75) is 19.9 Å². The third kappa shape index (κ3) is 2.48. The minimum atomic E-state index is -0.168. The largest absolute Gasteiger partial charge is 0.396 e. The molecule has 0 spiro atoms. The standard InChI is InChI=1S/C12H16N4O2/c1-8(6-17)9(2)14-12(18)10-3-4-11-15-13-7-16(11)5-10/h3-5,7-9,17H,6H2,1-2H3,(H,14,18). The smallest absolute Gasteiger partial charge is 0.252 e. The number of nitrogens with zero attached hydrogens (tertiary/aromatic N) is 3. The number of nitrogens with one attached hydrogen (secondary N) is 1. The molecule has 0 aliphatic carbocycles. The SMILES string of the molecule is CC(CO)C(C)NC(=O)c1ccc2nncn2c1. The molecule has 0 bridgehead atoms. The molecule has 18 heavy (non-hydrogen) atoms. The highest BCUT2D eigenvalue weighted by molar-refractivity contribution is 5.94. The van der Waals surface area contributed by atoms with E-state index < -0.39 is 0 Å². The summed E-state index contributed by atoms with van der Waals surface area (Å²) >= 11 is 0. The summed E-state index contributed by atoms with van der Waals surface area (Å²) in [7, 11) is 0. The van der Waals surface area contributed by atoms with Gasteiger partial charge in [-0.15, -0.1) is 10.2 Å². The van der Waals surface area contributed by atoms with Crippen LogP contribution in [0, 0.1) is 5.92 Å². The van der Waals surface area contributed by atoms with Gasteiger partial charge >= 0.3 is 0 Å². The molecule has 96 valence electrons. The van der Waals surface area contributed by atoms with Gasteiger partial charge in [0.05, 0.1) is 5.56 Å². The van der Waals surface area contributed by atoms with Crippen LogP contribution in [0.5, 0.6) is 0 Å². The molecule has 0 radical (unpaired) electrons. The number of aromatic nitrogens is 3. The molecule has 2 aromatic heterocycles. The van der Waals surface area contributed by atoms with Crippen molar-refractivity contribution in [2.75, 3.05) is 6.61 Å². The molecule has 0 fully saturated rings. The fourth-order valence-electron chi connectivity index (χ4n) is 1.55. The molecule has 2 N–H and O–H groups in total. The van der Waals surface area contributed by atoms with Crippen LogP contribution in [0.4, 0.5) is 0 Å². The molecule has 2 heterocycles. The van der Waals surface area contributed by atoms with Crippen LogP contribution >= 0.6 is 0 Å². The zero-order valence-electron chi connectivity index (χ0n) is 10.4. The molecule has 0 saturated heterocycles. The maximum atomic E-state index is 12.0. The first kappa shape index (κ1) is 12.5. The van der Waals surface area contributed by atoms with Crippen LogP contribution in [0.2, 0.25) is 0 Å². The number of fused-ring (bicyclic) bond motifs is 1. The summed E-state index contributed by atoms with van der Waals surface area (Å²) in [5, 5.41) is 19.5. The van der Waals surface area contributed by atoms with E-state index in [1.807, 2.05) is 13.8 Å². The fraction of sp³-hybridized carbons (Fsp3) is 0.417.